The SMILES string of the molecule is COc1cc(C(=O)N(C)CC(CCN2CCCN(c3nc4ccccc4[nH]3)CC2)c2ccc(F)cc2)cc(OC)c1OC. The van der Waals surface area contributed by atoms with Crippen LogP contribution in [0.1, 0.15) is 34.7 Å². The van der Waals surface area contributed by atoms with Crippen LogP contribution in [0.3, 0.4) is 0 Å². The Kier molecular flexibility index (Phi) is 9.66. The van der Waals surface area contributed by atoms with Gasteiger partial charge in [-0.1, -0.05) is 24.3 Å². The predicted octanol–water partition coefficient (Wildman–Crippen LogP) is 5.19. The average molecular weight is 590 g/mol. The molecule has 0 bridgehead atoms. The van der Waals surface area contributed by atoms with Crippen LogP contribution >= 0.6 is 0 Å². The van der Waals surface area contributed by atoms with Gasteiger partial charge in [-0.05, 0) is 67.9 Å². The number of nitrogens with zero attached hydrogens (tertiary/aromatic N) is 4. The number of fused-ring (bicyclic) bond motifs is 1. The topological polar surface area (TPSA) is 83.2 Å². The molecule has 3 aromatic carbocycles. The molecule has 0 aliphatic carbocycles. The van der Waals surface area contributed by atoms with Gasteiger partial charge < -0.3 is 33.9 Å². The summed E-state index contributed by atoms with van der Waals surface area (Å²) in [7, 11) is 6.37. The van der Waals surface area contributed by atoms with E-state index < -0.39 is 0 Å². The Morgan fingerprint density at radius 2 is 1.70 bits per heavy atom. The van der Waals surface area contributed by atoms with Crippen molar-refractivity contribution in [2.24, 2.45) is 0 Å². The summed E-state index contributed by atoms with van der Waals surface area (Å²) in [5.74, 6) is 1.78. The van der Waals surface area contributed by atoms with E-state index in [9.17, 15) is 9.18 Å². The highest BCUT2D eigenvalue weighted by molar-refractivity contribution is 5.95. The number of carbonyl (C=O) groups excluding carboxylic acids is 1. The summed E-state index contributed by atoms with van der Waals surface area (Å²) in [6, 6.07) is 18.0. The smallest absolute Gasteiger partial charge is 0.253 e. The van der Waals surface area contributed by atoms with E-state index >= 15 is 0 Å². The first-order chi connectivity index (χ1) is 20.9. The number of para-hydroxylation sites is 2. The molecular weight excluding hydrogens is 549 g/mol. The van der Waals surface area contributed by atoms with Gasteiger partial charge in [-0.25, -0.2) is 9.37 Å². The van der Waals surface area contributed by atoms with Gasteiger partial charge in [0.2, 0.25) is 11.7 Å². The number of amides is 1. The van der Waals surface area contributed by atoms with Crippen LogP contribution in [0.2, 0.25) is 0 Å². The number of aromatic nitrogens is 2. The lowest BCUT2D eigenvalue weighted by Gasteiger charge is -2.28. The minimum atomic E-state index is -0.275. The molecule has 1 fully saturated rings. The maximum atomic E-state index is 13.8. The van der Waals surface area contributed by atoms with Gasteiger partial charge in [0.25, 0.3) is 5.91 Å². The number of hydrogen-bond donors (Lipinski definition) is 1. The summed E-state index contributed by atoms with van der Waals surface area (Å²) in [5, 5.41) is 0. The van der Waals surface area contributed by atoms with E-state index in [-0.39, 0.29) is 17.6 Å². The van der Waals surface area contributed by atoms with Crippen molar-refractivity contribution in [1.82, 2.24) is 19.8 Å². The lowest BCUT2D eigenvalue weighted by atomic mass is 9.94. The van der Waals surface area contributed by atoms with Gasteiger partial charge in [0, 0.05) is 44.7 Å². The number of imidazole rings is 1. The predicted molar refractivity (Wildman–Crippen MR) is 166 cm³/mol. The van der Waals surface area contributed by atoms with Crippen molar-refractivity contribution >= 4 is 22.9 Å². The summed E-state index contributed by atoms with van der Waals surface area (Å²) in [5.41, 5.74) is 3.47. The van der Waals surface area contributed by atoms with Gasteiger partial charge in [0.15, 0.2) is 11.5 Å². The molecule has 1 saturated heterocycles. The number of methoxy groups -OCH3 is 3. The zero-order chi connectivity index (χ0) is 30.3. The number of hydrogen-bond acceptors (Lipinski definition) is 7. The summed E-state index contributed by atoms with van der Waals surface area (Å²) >= 11 is 0. The first-order valence-electron chi connectivity index (χ1n) is 14.6. The molecule has 0 saturated carbocycles. The maximum Gasteiger partial charge on any atom is 0.253 e. The van der Waals surface area contributed by atoms with Crippen molar-refractivity contribution in [3.05, 3.63) is 77.6 Å². The second-order valence-electron chi connectivity index (χ2n) is 10.9. The molecule has 10 heteroatoms. The average Bonchev–Trinajstić information content (AvgIpc) is 3.33. The number of halogens is 1. The lowest BCUT2D eigenvalue weighted by Crippen LogP contribution is -2.35. The molecule has 0 spiro atoms. The molecule has 1 aliphatic rings. The van der Waals surface area contributed by atoms with E-state index in [1.165, 1.54) is 33.5 Å². The number of carbonyl (C=O) groups is 1. The van der Waals surface area contributed by atoms with Crippen LogP contribution in [0.5, 0.6) is 17.2 Å². The molecule has 1 N–H and O–H groups in total. The monoisotopic (exact) mass is 589 g/mol. The minimum Gasteiger partial charge on any atom is -0.493 e. The fourth-order valence-electron chi connectivity index (χ4n) is 5.77. The second kappa shape index (κ2) is 13.8. The van der Waals surface area contributed by atoms with E-state index in [0.29, 0.717) is 29.4 Å². The van der Waals surface area contributed by atoms with E-state index in [4.69, 9.17) is 19.2 Å². The zero-order valence-corrected chi connectivity index (χ0v) is 25.3. The van der Waals surface area contributed by atoms with E-state index in [0.717, 1.165) is 68.1 Å². The number of benzene rings is 3. The minimum absolute atomic E-state index is 0.0197. The highest BCUT2D eigenvalue weighted by Gasteiger charge is 2.24. The quantitative estimate of drug-likeness (QED) is 0.258. The van der Waals surface area contributed by atoms with Gasteiger partial charge in [0.05, 0.1) is 32.4 Å². The normalized spacial score (nSPS) is 14.8. The van der Waals surface area contributed by atoms with Crippen molar-refractivity contribution in [2.45, 2.75) is 18.8 Å². The molecule has 1 amide bonds. The molecule has 1 aromatic heterocycles. The Morgan fingerprint density at radius 3 is 2.37 bits per heavy atom. The molecule has 4 aromatic rings. The van der Waals surface area contributed by atoms with Crippen LogP contribution < -0.4 is 19.1 Å². The highest BCUT2D eigenvalue weighted by Crippen LogP contribution is 2.38. The molecule has 2 heterocycles. The molecular formula is C33H40FN5O4. The number of H-pyrrole nitrogens is 1. The lowest BCUT2D eigenvalue weighted by molar-refractivity contribution is 0.0782. The number of aromatic amines is 1. The van der Waals surface area contributed by atoms with Crippen molar-refractivity contribution in [2.75, 3.05) is 72.5 Å². The number of likely N-dealkylation sites (N-methyl/N-ethyl adjacent to an activating group) is 1. The summed E-state index contributed by atoms with van der Waals surface area (Å²) < 4.78 is 30.1. The molecule has 0 radical (unpaired) electrons. The van der Waals surface area contributed by atoms with Gasteiger partial charge >= 0.3 is 0 Å². The molecule has 1 atom stereocenters. The van der Waals surface area contributed by atoms with Crippen molar-refractivity contribution in [1.29, 1.82) is 0 Å². The number of ether oxygens (including phenoxy) is 3. The van der Waals surface area contributed by atoms with Crippen molar-refractivity contribution in [3.63, 3.8) is 0 Å². The Labute approximate surface area is 252 Å². The van der Waals surface area contributed by atoms with Crippen LogP contribution in [-0.2, 0) is 0 Å². The Balaban J connectivity index is 1.26. The Bertz CT molecular complexity index is 1470. The van der Waals surface area contributed by atoms with Gasteiger partial charge in [-0.2, -0.15) is 0 Å². The van der Waals surface area contributed by atoms with E-state index in [2.05, 4.69) is 20.9 Å². The van der Waals surface area contributed by atoms with Crippen molar-refractivity contribution in [3.8, 4) is 17.2 Å². The van der Waals surface area contributed by atoms with Crippen LogP contribution in [0.15, 0.2) is 60.7 Å². The third kappa shape index (κ3) is 7.02. The van der Waals surface area contributed by atoms with Gasteiger partial charge in [-0.3, -0.25) is 4.79 Å². The molecule has 228 valence electrons. The summed E-state index contributed by atoms with van der Waals surface area (Å²) in [6.07, 6.45) is 1.85. The Hall–Kier alpha value is -4.31. The molecule has 9 nitrogen and oxygen atoms in total. The molecule has 43 heavy (non-hydrogen) atoms. The largest absolute Gasteiger partial charge is 0.493 e. The molecule has 1 aliphatic heterocycles. The fourth-order valence-corrected chi connectivity index (χ4v) is 5.77. The molecule has 1 unspecified atom stereocenters. The van der Waals surface area contributed by atoms with Crippen LogP contribution in [0, 0.1) is 5.82 Å². The van der Waals surface area contributed by atoms with Crippen LogP contribution in [-0.4, -0.2) is 93.3 Å². The van der Waals surface area contributed by atoms with E-state index in [1.807, 2.05) is 30.3 Å². The first kappa shape index (κ1) is 30.2. The van der Waals surface area contributed by atoms with E-state index in [1.54, 1.807) is 24.1 Å². The maximum absolute atomic E-state index is 13.8. The number of anilines is 1. The van der Waals surface area contributed by atoms with Gasteiger partial charge in [-0.15, -0.1) is 0 Å². The molecule has 5 rings (SSSR count). The fraction of sp³-hybridized carbons (Fsp3) is 0.394. The van der Waals surface area contributed by atoms with Crippen molar-refractivity contribution < 1.29 is 23.4 Å². The third-order valence-corrected chi connectivity index (χ3v) is 8.15. The van der Waals surface area contributed by atoms with Crippen LogP contribution in [0.4, 0.5) is 10.3 Å². The first-order valence-corrected chi connectivity index (χ1v) is 14.6. The Morgan fingerprint density at radius 1 is 0.977 bits per heavy atom. The number of nitrogens with one attached hydrogen (secondary N) is 1. The summed E-state index contributed by atoms with van der Waals surface area (Å²) in [4.78, 5) is 28.3. The third-order valence-electron chi connectivity index (χ3n) is 8.15. The number of rotatable bonds is 11. The zero-order valence-electron chi connectivity index (χ0n) is 25.3. The van der Waals surface area contributed by atoms with Gasteiger partial charge in [0.1, 0.15) is 5.82 Å². The standard InChI is InChI=1S/C33H40FN5O4/c1-37(32(40)25-20-29(41-2)31(43-4)30(21-25)42-3)22-24(23-10-12-26(34)13-11-23)14-17-38-15-7-16-39(19-18-38)33-35-27-8-5-6-9-28(27)36-33/h5-6,8-13,20-21,24H,7,14-19,22H2,1-4H3,(H,35,36). The summed E-state index contributed by atoms with van der Waals surface area (Å²) in [6.45, 7) is 5.03. The highest BCUT2D eigenvalue weighted by atomic mass is 19.1. The second-order valence-corrected chi connectivity index (χ2v) is 10.9. The van der Waals surface area contributed by atoms with Crippen LogP contribution in [0.25, 0.3) is 11.0 Å².